The van der Waals surface area contributed by atoms with E-state index in [4.69, 9.17) is 5.11 Å². The van der Waals surface area contributed by atoms with Crippen molar-refractivity contribution in [2.75, 3.05) is 0 Å². The largest absolute Gasteiger partial charge is 0.477 e. The fourth-order valence-corrected chi connectivity index (χ4v) is 2.51. The maximum absolute atomic E-state index is 10.9. The van der Waals surface area contributed by atoms with Gasteiger partial charge in [-0.1, -0.05) is 26.2 Å². The summed E-state index contributed by atoms with van der Waals surface area (Å²) in [6.45, 7) is 5.00. The number of nitrogens with one attached hydrogen (secondary N) is 1. The van der Waals surface area contributed by atoms with Gasteiger partial charge in [0, 0.05) is 12.6 Å². The second kappa shape index (κ2) is 7.45. The van der Waals surface area contributed by atoms with E-state index in [9.17, 15) is 4.79 Å². The Morgan fingerprint density at radius 1 is 1.53 bits per heavy atom. The molecule has 1 aromatic rings. The molecule has 17 heavy (non-hydrogen) atoms. The Kier molecular flexibility index (Phi) is 6.22. The van der Waals surface area contributed by atoms with E-state index in [0.29, 0.717) is 17.5 Å². The molecule has 0 fully saturated rings. The molecule has 0 bridgehead atoms. The van der Waals surface area contributed by atoms with Crippen molar-refractivity contribution in [3.63, 3.8) is 0 Å². The molecule has 0 aliphatic heterocycles. The summed E-state index contributed by atoms with van der Waals surface area (Å²) in [6, 6.07) is 2.34. The zero-order valence-electron chi connectivity index (χ0n) is 10.5. The first-order chi connectivity index (χ1) is 8.15. The molecule has 1 unspecified atom stereocenters. The quantitative estimate of drug-likeness (QED) is 0.699. The second-order valence-corrected chi connectivity index (χ2v) is 5.27. The van der Waals surface area contributed by atoms with Crippen LogP contribution in [0, 0.1) is 0 Å². The lowest BCUT2D eigenvalue weighted by molar-refractivity contribution is 0.0701. The highest BCUT2D eigenvalue weighted by Gasteiger charge is 2.11. The van der Waals surface area contributed by atoms with Crippen LogP contribution >= 0.6 is 11.3 Å². The Hall–Kier alpha value is -0.870. The van der Waals surface area contributed by atoms with E-state index in [2.05, 4.69) is 19.2 Å². The third-order valence-corrected chi connectivity index (χ3v) is 3.77. The summed E-state index contributed by atoms with van der Waals surface area (Å²) in [6.07, 6.45) is 4.89. The minimum absolute atomic E-state index is 0.447. The lowest BCUT2D eigenvalue weighted by Crippen LogP contribution is -2.25. The van der Waals surface area contributed by atoms with Gasteiger partial charge in [0.15, 0.2) is 0 Å². The highest BCUT2D eigenvalue weighted by atomic mass is 32.1. The van der Waals surface area contributed by atoms with E-state index in [-0.39, 0.29) is 0 Å². The number of aromatic carboxylic acids is 1. The van der Waals surface area contributed by atoms with Crippen molar-refractivity contribution < 1.29 is 9.90 Å². The number of rotatable bonds is 8. The molecule has 1 rings (SSSR count). The fourth-order valence-electron chi connectivity index (χ4n) is 1.75. The van der Waals surface area contributed by atoms with Crippen LogP contribution in [0.3, 0.4) is 0 Å². The predicted octanol–water partition coefficient (Wildman–Crippen LogP) is 3.50. The molecule has 0 saturated heterocycles. The van der Waals surface area contributed by atoms with E-state index in [1.807, 2.05) is 11.4 Å². The summed E-state index contributed by atoms with van der Waals surface area (Å²) in [5, 5.41) is 14.2. The molecule has 0 aliphatic rings. The molecule has 0 amide bonds. The molecule has 1 atom stereocenters. The number of hydrogen-bond donors (Lipinski definition) is 2. The van der Waals surface area contributed by atoms with Gasteiger partial charge in [0.1, 0.15) is 4.88 Å². The van der Waals surface area contributed by atoms with Crippen LogP contribution < -0.4 is 5.32 Å². The van der Waals surface area contributed by atoms with Gasteiger partial charge in [-0.2, -0.15) is 0 Å². The average molecular weight is 255 g/mol. The van der Waals surface area contributed by atoms with Gasteiger partial charge in [0.05, 0.1) is 0 Å². The second-order valence-electron chi connectivity index (χ2n) is 4.36. The van der Waals surface area contributed by atoms with Crippen LogP contribution in [0.1, 0.15) is 54.8 Å². The van der Waals surface area contributed by atoms with Gasteiger partial charge < -0.3 is 10.4 Å². The summed E-state index contributed by atoms with van der Waals surface area (Å²) >= 11 is 1.29. The normalized spacial score (nSPS) is 12.6. The Morgan fingerprint density at radius 2 is 2.29 bits per heavy atom. The standard InChI is InChI=1S/C13H21NO2S/c1-3-4-5-6-10(2)14-9-11-7-8-17-12(11)13(15)16/h7-8,10,14H,3-6,9H2,1-2H3,(H,15,16). The van der Waals surface area contributed by atoms with Crippen LogP contribution in [-0.4, -0.2) is 17.1 Å². The Bertz CT molecular complexity index is 349. The highest BCUT2D eigenvalue weighted by Crippen LogP contribution is 2.16. The predicted molar refractivity (Wildman–Crippen MR) is 71.7 cm³/mol. The molecule has 2 N–H and O–H groups in total. The summed E-state index contributed by atoms with van der Waals surface area (Å²) in [5.41, 5.74) is 0.893. The van der Waals surface area contributed by atoms with Crippen molar-refractivity contribution in [3.8, 4) is 0 Å². The lowest BCUT2D eigenvalue weighted by Gasteiger charge is -2.13. The first-order valence-corrected chi connectivity index (χ1v) is 7.06. The lowest BCUT2D eigenvalue weighted by atomic mass is 10.1. The zero-order valence-corrected chi connectivity index (χ0v) is 11.3. The molecule has 96 valence electrons. The van der Waals surface area contributed by atoms with Crippen molar-refractivity contribution >= 4 is 17.3 Å². The van der Waals surface area contributed by atoms with Crippen LogP contribution in [0.5, 0.6) is 0 Å². The first kappa shape index (κ1) is 14.2. The van der Waals surface area contributed by atoms with Gasteiger partial charge in [-0.25, -0.2) is 4.79 Å². The SMILES string of the molecule is CCCCCC(C)NCc1ccsc1C(=O)O. The van der Waals surface area contributed by atoms with Gasteiger partial charge in [0.25, 0.3) is 0 Å². The van der Waals surface area contributed by atoms with Gasteiger partial charge in [-0.3, -0.25) is 0 Å². The Labute approximate surface area is 107 Å². The van der Waals surface area contributed by atoms with Crippen molar-refractivity contribution in [3.05, 3.63) is 21.9 Å². The maximum Gasteiger partial charge on any atom is 0.346 e. The first-order valence-electron chi connectivity index (χ1n) is 6.18. The van der Waals surface area contributed by atoms with Crippen molar-refractivity contribution in [2.45, 2.75) is 52.1 Å². The summed E-state index contributed by atoms with van der Waals surface area (Å²) in [4.78, 5) is 11.4. The van der Waals surface area contributed by atoms with E-state index in [1.54, 1.807) is 0 Å². The van der Waals surface area contributed by atoms with Gasteiger partial charge >= 0.3 is 5.97 Å². The fraction of sp³-hybridized carbons (Fsp3) is 0.615. The van der Waals surface area contributed by atoms with E-state index < -0.39 is 5.97 Å². The molecule has 0 radical (unpaired) electrons. The molecule has 0 aliphatic carbocycles. The minimum Gasteiger partial charge on any atom is -0.477 e. The Balaban J connectivity index is 2.34. The monoisotopic (exact) mass is 255 g/mol. The number of hydrogen-bond acceptors (Lipinski definition) is 3. The molecule has 4 heteroatoms. The third kappa shape index (κ3) is 4.88. The molecular weight excluding hydrogens is 234 g/mol. The molecule has 0 aromatic carbocycles. The Morgan fingerprint density at radius 3 is 2.94 bits per heavy atom. The van der Waals surface area contributed by atoms with E-state index in [1.165, 1.54) is 30.6 Å². The van der Waals surface area contributed by atoms with Crippen molar-refractivity contribution in [1.82, 2.24) is 5.32 Å². The minimum atomic E-state index is -0.824. The van der Waals surface area contributed by atoms with Gasteiger partial charge in [-0.05, 0) is 30.4 Å². The molecule has 0 spiro atoms. The van der Waals surface area contributed by atoms with Gasteiger partial charge in [0.2, 0.25) is 0 Å². The van der Waals surface area contributed by atoms with Crippen LogP contribution in [0.25, 0.3) is 0 Å². The number of unbranched alkanes of at least 4 members (excludes halogenated alkanes) is 2. The van der Waals surface area contributed by atoms with Crippen molar-refractivity contribution in [2.24, 2.45) is 0 Å². The zero-order chi connectivity index (χ0) is 12.7. The van der Waals surface area contributed by atoms with E-state index in [0.717, 1.165) is 12.0 Å². The van der Waals surface area contributed by atoms with Gasteiger partial charge in [-0.15, -0.1) is 11.3 Å². The molecule has 3 nitrogen and oxygen atoms in total. The van der Waals surface area contributed by atoms with Crippen LogP contribution in [0.15, 0.2) is 11.4 Å². The number of carboxylic acid groups (broad SMARTS) is 1. The van der Waals surface area contributed by atoms with Crippen molar-refractivity contribution in [1.29, 1.82) is 0 Å². The molecule has 1 heterocycles. The van der Waals surface area contributed by atoms with Crippen LogP contribution in [0.2, 0.25) is 0 Å². The third-order valence-electron chi connectivity index (χ3n) is 2.82. The summed E-state index contributed by atoms with van der Waals surface area (Å²) in [5.74, 6) is -0.824. The smallest absolute Gasteiger partial charge is 0.346 e. The topological polar surface area (TPSA) is 49.3 Å². The maximum atomic E-state index is 10.9. The highest BCUT2D eigenvalue weighted by molar-refractivity contribution is 7.12. The molecule has 1 aromatic heterocycles. The number of carboxylic acids is 1. The number of carbonyl (C=O) groups is 1. The molecule has 0 saturated carbocycles. The number of thiophene rings is 1. The van der Waals surface area contributed by atoms with Crippen LogP contribution in [-0.2, 0) is 6.54 Å². The summed E-state index contributed by atoms with van der Waals surface area (Å²) in [7, 11) is 0. The summed E-state index contributed by atoms with van der Waals surface area (Å²) < 4.78 is 0. The van der Waals surface area contributed by atoms with E-state index >= 15 is 0 Å². The van der Waals surface area contributed by atoms with Crippen LogP contribution in [0.4, 0.5) is 0 Å². The average Bonchev–Trinajstić information content (AvgIpc) is 2.75. The molecular formula is C13H21NO2S.